The van der Waals surface area contributed by atoms with Gasteiger partial charge in [0.25, 0.3) is 5.91 Å². The van der Waals surface area contributed by atoms with Crippen LogP contribution in [-0.4, -0.2) is 37.0 Å². The molecule has 0 fully saturated rings. The van der Waals surface area contributed by atoms with Crippen LogP contribution < -0.4 is 4.74 Å². The standard InChI is InChI=1S/C28H35NO6/c1-6-28(3,4)21-10-12-24(32-5)20(17-21)18-22-11-13-25(35-22)27(31)29(15-14-26(30)33-7-2)19-23-9-8-16-34-23/h8-13,16-17H,6-7,14-15,18-19H2,1-5H3. The summed E-state index contributed by atoms with van der Waals surface area (Å²) in [4.78, 5) is 26.7. The number of amides is 1. The van der Waals surface area contributed by atoms with Gasteiger partial charge in [0.1, 0.15) is 17.3 Å². The quantitative estimate of drug-likeness (QED) is 0.306. The first-order chi connectivity index (χ1) is 16.8. The molecule has 0 radical (unpaired) electrons. The lowest BCUT2D eigenvalue weighted by Crippen LogP contribution is -2.32. The molecule has 0 aliphatic rings. The van der Waals surface area contributed by atoms with Gasteiger partial charge in [-0.2, -0.15) is 0 Å². The van der Waals surface area contributed by atoms with E-state index in [4.69, 9.17) is 18.3 Å². The van der Waals surface area contributed by atoms with Crippen LogP contribution in [0.15, 0.2) is 57.6 Å². The maximum atomic E-state index is 13.3. The van der Waals surface area contributed by atoms with Crippen LogP contribution in [0.4, 0.5) is 0 Å². The Morgan fingerprint density at radius 2 is 1.86 bits per heavy atom. The smallest absolute Gasteiger partial charge is 0.307 e. The predicted octanol–water partition coefficient (Wildman–Crippen LogP) is 5.76. The monoisotopic (exact) mass is 481 g/mol. The van der Waals surface area contributed by atoms with Crippen LogP contribution >= 0.6 is 0 Å². The number of rotatable bonds is 12. The molecule has 7 nitrogen and oxygen atoms in total. The van der Waals surface area contributed by atoms with E-state index in [9.17, 15) is 9.59 Å². The summed E-state index contributed by atoms with van der Waals surface area (Å²) in [5.74, 6) is 1.59. The van der Waals surface area contributed by atoms with Gasteiger partial charge in [0.05, 0.1) is 32.9 Å². The van der Waals surface area contributed by atoms with Gasteiger partial charge >= 0.3 is 5.97 Å². The van der Waals surface area contributed by atoms with Crippen LogP contribution in [-0.2, 0) is 27.9 Å². The highest BCUT2D eigenvalue weighted by atomic mass is 16.5. The SMILES string of the molecule is CCOC(=O)CCN(Cc1ccco1)C(=O)c1ccc(Cc2cc(C(C)(C)CC)ccc2OC)o1. The molecule has 7 heteroatoms. The Bertz CT molecular complexity index is 1110. The Balaban J connectivity index is 1.79. The fourth-order valence-corrected chi connectivity index (χ4v) is 3.78. The number of ether oxygens (including phenoxy) is 2. The number of hydrogen-bond acceptors (Lipinski definition) is 6. The number of esters is 1. The fourth-order valence-electron chi connectivity index (χ4n) is 3.78. The van der Waals surface area contributed by atoms with Gasteiger partial charge in [-0.25, -0.2) is 0 Å². The van der Waals surface area contributed by atoms with Gasteiger partial charge in [-0.05, 0) is 54.7 Å². The number of methoxy groups -OCH3 is 1. The lowest BCUT2D eigenvalue weighted by Gasteiger charge is -2.24. The molecule has 1 aromatic carbocycles. The zero-order valence-electron chi connectivity index (χ0n) is 21.3. The third-order valence-corrected chi connectivity index (χ3v) is 6.29. The van der Waals surface area contributed by atoms with Crippen molar-refractivity contribution in [1.82, 2.24) is 4.90 Å². The normalized spacial score (nSPS) is 11.3. The minimum atomic E-state index is -0.355. The molecule has 0 saturated heterocycles. The molecule has 2 aromatic heterocycles. The van der Waals surface area contributed by atoms with Crippen molar-refractivity contribution < 1.29 is 27.9 Å². The summed E-state index contributed by atoms with van der Waals surface area (Å²) in [5.41, 5.74) is 2.26. The molecule has 188 valence electrons. The van der Waals surface area contributed by atoms with E-state index in [1.54, 1.807) is 44.6 Å². The largest absolute Gasteiger partial charge is 0.496 e. The summed E-state index contributed by atoms with van der Waals surface area (Å²) in [6, 6.07) is 13.3. The maximum absolute atomic E-state index is 13.3. The lowest BCUT2D eigenvalue weighted by molar-refractivity contribution is -0.143. The van der Waals surface area contributed by atoms with Crippen molar-refractivity contribution in [2.75, 3.05) is 20.3 Å². The Morgan fingerprint density at radius 1 is 1.06 bits per heavy atom. The summed E-state index contributed by atoms with van der Waals surface area (Å²) < 4.78 is 22.0. The van der Waals surface area contributed by atoms with Gasteiger partial charge in [0.15, 0.2) is 5.76 Å². The number of hydrogen-bond donors (Lipinski definition) is 0. The highest BCUT2D eigenvalue weighted by Gasteiger charge is 2.23. The van der Waals surface area contributed by atoms with Gasteiger partial charge in [-0.1, -0.05) is 32.9 Å². The zero-order chi connectivity index (χ0) is 25.4. The second-order valence-corrected chi connectivity index (χ2v) is 9.07. The molecule has 2 heterocycles. The van der Waals surface area contributed by atoms with Crippen LogP contribution in [0.2, 0.25) is 0 Å². The molecule has 0 atom stereocenters. The summed E-state index contributed by atoms with van der Waals surface area (Å²) in [7, 11) is 1.65. The van der Waals surface area contributed by atoms with Crippen molar-refractivity contribution in [2.24, 2.45) is 0 Å². The van der Waals surface area contributed by atoms with Crippen molar-refractivity contribution in [3.8, 4) is 5.75 Å². The van der Waals surface area contributed by atoms with Gasteiger partial charge in [0.2, 0.25) is 0 Å². The van der Waals surface area contributed by atoms with Crippen LogP contribution in [0.25, 0.3) is 0 Å². The average Bonchev–Trinajstić information content (AvgIpc) is 3.53. The molecule has 0 aliphatic carbocycles. The van der Waals surface area contributed by atoms with E-state index in [2.05, 4.69) is 32.9 Å². The number of carbonyl (C=O) groups excluding carboxylic acids is 2. The molecule has 0 saturated carbocycles. The average molecular weight is 482 g/mol. The summed E-state index contributed by atoms with van der Waals surface area (Å²) in [6.07, 6.45) is 3.14. The molecule has 0 unspecified atom stereocenters. The van der Waals surface area contributed by atoms with Crippen LogP contribution in [0.5, 0.6) is 5.75 Å². The zero-order valence-corrected chi connectivity index (χ0v) is 21.3. The van der Waals surface area contributed by atoms with Gasteiger partial charge in [0, 0.05) is 18.5 Å². The number of carbonyl (C=O) groups is 2. The van der Waals surface area contributed by atoms with Crippen molar-refractivity contribution in [3.63, 3.8) is 0 Å². The van der Waals surface area contributed by atoms with Crippen LogP contribution in [0.3, 0.4) is 0 Å². The van der Waals surface area contributed by atoms with E-state index < -0.39 is 0 Å². The number of furan rings is 2. The lowest BCUT2D eigenvalue weighted by atomic mass is 9.81. The van der Waals surface area contributed by atoms with E-state index in [0.29, 0.717) is 24.5 Å². The van der Waals surface area contributed by atoms with Crippen molar-refractivity contribution >= 4 is 11.9 Å². The second-order valence-electron chi connectivity index (χ2n) is 9.07. The van der Waals surface area contributed by atoms with E-state index in [1.165, 1.54) is 10.5 Å². The van der Waals surface area contributed by atoms with Gasteiger partial charge in [-0.3, -0.25) is 9.59 Å². The Morgan fingerprint density at radius 3 is 2.51 bits per heavy atom. The number of nitrogens with zero attached hydrogens (tertiary/aromatic N) is 1. The highest BCUT2D eigenvalue weighted by Crippen LogP contribution is 2.32. The summed E-state index contributed by atoms with van der Waals surface area (Å²) in [6.45, 7) is 9.07. The minimum absolute atomic E-state index is 0.0383. The molecule has 1 amide bonds. The Labute approximate surface area is 207 Å². The molecule has 0 aliphatic heterocycles. The molecular weight excluding hydrogens is 446 g/mol. The predicted molar refractivity (Wildman–Crippen MR) is 133 cm³/mol. The van der Waals surface area contributed by atoms with Gasteiger partial charge < -0.3 is 23.2 Å². The topological polar surface area (TPSA) is 82.1 Å². The summed E-state index contributed by atoms with van der Waals surface area (Å²) in [5, 5.41) is 0. The number of benzene rings is 1. The molecule has 35 heavy (non-hydrogen) atoms. The summed E-state index contributed by atoms with van der Waals surface area (Å²) >= 11 is 0. The first-order valence-corrected chi connectivity index (χ1v) is 12.0. The Kier molecular flexibility index (Phi) is 8.79. The third-order valence-electron chi connectivity index (χ3n) is 6.29. The molecular formula is C28H35NO6. The van der Waals surface area contributed by atoms with Crippen molar-refractivity contribution in [2.45, 2.75) is 58.9 Å². The molecule has 0 N–H and O–H groups in total. The molecule has 3 aromatic rings. The molecule has 0 spiro atoms. The molecule has 3 rings (SSSR count). The van der Waals surface area contributed by atoms with E-state index in [1.807, 2.05) is 6.07 Å². The van der Waals surface area contributed by atoms with E-state index in [-0.39, 0.29) is 42.6 Å². The maximum Gasteiger partial charge on any atom is 0.307 e. The van der Waals surface area contributed by atoms with E-state index >= 15 is 0 Å². The second kappa shape index (κ2) is 11.8. The first kappa shape index (κ1) is 26.1. The minimum Gasteiger partial charge on any atom is -0.496 e. The third kappa shape index (κ3) is 6.78. The van der Waals surface area contributed by atoms with E-state index in [0.717, 1.165) is 17.7 Å². The Hall–Kier alpha value is -3.48. The first-order valence-electron chi connectivity index (χ1n) is 12.0. The van der Waals surface area contributed by atoms with Crippen LogP contribution in [0.1, 0.15) is 73.7 Å². The fraction of sp³-hybridized carbons (Fsp3) is 0.429. The van der Waals surface area contributed by atoms with Gasteiger partial charge in [-0.15, -0.1) is 0 Å². The highest BCUT2D eigenvalue weighted by molar-refractivity contribution is 5.91. The van der Waals surface area contributed by atoms with Crippen molar-refractivity contribution in [1.29, 1.82) is 0 Å². The van der Waals surface area contributed by atoms with Crippen LogP contribution in [0, 0.1) is 0 Å². The molecule has 0 bridgehead atoms. The van der Waals surface area contributed by atoms with Crippen molar-refractivity contribution in [3.05, 3.63) is 77.1 Å².